The van der Waals surface area contributed by atoms with Gasteiger partial charge in [-0.3, -0.25) is 4.90 Å². The van der Waals surface area contributed by atoms with Gasteiger partial charge in [0.15, 0.2) is 0 Å². The molecule has 3 aromatic rings. The number of nitrogens with zero attached hydrogens (tertiary/aromatic N) is 3. The van der Waals surface area contributed by atoms with Crippen LogP contribution in [0.1, 0.15) is 41.1 Å². The van der Waals surface area contributed by atoms with Gasteiger partial charge >= 0.3 is 0 Å². The molecule has 4 heteroatoms. The molecule has 1 aromatic heterocycles. The SMILES string of the molecule is Cc1ccccc1-n1nc(C2CCN(Cc3ccccc3)CC2)c2c1NCC2. The summed E-state index contributed by atoms with van der Waals surface area (Å²) in [5.41, 5.74) is 6.66. The van der Waals surface area contributed by atoms with Gasteiger partial charge in [0, 0.05) is 24.6 Å². The molecular weight excluding hydrogens is 344 g/mol. The minimum absolute atomic E-state index is 0.575. The smallest absolute Gasteiger partial charge is 0.133 e. The lowest BCUT2D eigenvalue weighted by Crippen LogP contribution is -2.32. The summed E-state index contributed by atoms with van der Waals surface area (Å²) in [5, 5.41) is 8.72. The predicted octanol–water partition coefficient (Wildman–Crippen LogP) is 4.53. The largest absolute Gasteiger partial charge is 0.369 e. The third kappa shape index (κ3) is 3.22. The van der Waals surface area contributed by atoms with E-state index in [-0.39, 0.29) is 0 Å². The van der Waals surface area contributed by atoms with Gasteiger partial charge in [0.2, 0.25) is 0 Å². The summed E-state index contributed by atoms with van der Waals surface area (Å²) in [4.78, 5) is 2.59. The Morgan fingerprint density at radius 1 is 1.00 bits per heavy atom. The van der Waals surface area contributed by atoms with Crippen molar-refractivity contribution in [2.24, 2.45) is 0 Å². The van der Waals surface area contributed by atoms with Crippen LogP contribution in [0.3, 0.4) is 0 Å². The molecule has 1 N–H and O–H groups in total. The lowest BCUT2D eigenvalue weighted by Gasteiger charge is -2.31. The normalized spacial score (nSPS) is 17.5. The Morgan fingerprint density at radius 3 is 2.54 bits per heavy atom. The maximum atomic E-state index is 5.13. The molecule has 5 rings (SSSR count). The van der Waals surface area contributed by atoms with Crippen molar-refractivity contribution in [1.82, 2.24) is 14.7 Å². The summed E-state index contributed by atoms with van der Waals surface area (Å²) in [5.74, 6) is 1.79. The van der Waals surface area contributed by atoms with E-state index < -0.39 is 0 Å². The van der Waals surface area contributed by atoms with E-state index in [0.717, 1.165) is 32.6 Å². The van der Waals surface area contributed by atoms with E-state index in [0.29, 0.717) is 5.92 Å². The van der Waals surface area contributed by atoms with Gasteiger partial charge in [0.05, 0.1) is 11.4 Å². The predicted molar refractivity (Wildman–Crippen MR) is 114 cm³/mol. The molecule has 0 bridgehead atoms. The number of likely N-dealkylation sites (tertiary alicyclic amines) is 1. The van der Waals surface area contributed by atoms with Crippen LogP contribution in [0.15, 0.2) is 54.6 Å². The van der Waals surface area contributed by atoms with Crippen LogP contribution in [-0.4, -0.2) is 34.3 Å². The summed E-state index contributed by atoms with van der Waals surface area (Å²) >= 11 is 0. The fourth-order valence-electron chi connectivity index (χ4n) is 4.71. The highest BCUT2D eigenvalue weighted by Crippen LogP contribution is 2.37. The maximum Gasteiger partial charge on any atom is 0.133 e. The average Bonchev–Trinajstić information content (AvgIpc) is 3.33. The zero-order valence-electron chi connectivity index (χ0n) is 16.6. The standard InChI is InChI=1S/C24H28N4/c1-18-7-5-6-10-22(18)28-24-21(11-14-25-24)23(26-28)20-12-15-27(16-13-20)17-19-8-3-2-4-9-19/h2-10,20,25H,11-17H2,1H3. The first-order chi connectivity index (χ1) is 13.8. The van der Waals surface area contributed by atoms with Gasteiger partial charge in [-0.05, 0) is 56.5 Å². The number of hydrogen-bond donors (Lipinski definition) is 1. The monoisotopic (exact) mass is 372 g/mol. The van der Waals surface area contributed by atoms with Gasteiger partial charge in [-0.1, -0.05) is 48.5 Å². The zero-order chi connectivity index (χ0) is 18.9. The van der Waals surface area contributed by atoms with Crippen molar-refractivity contribution in [2.45, 2.75) is 38.6 Å². The number of rotatable bonds is 4. The first-order valence-electron chi connectivity index (χ1n) is 10.5. The van der Waals surface area contributed by atoms with Crippen LogP contribution in [-0.2, 0) is 13.0 Å². The Morgan fingerprint density at radius 2 is 1.75 bits per heavy atom. The molecule has 144 valence electrons. The first kappa shape index (κ1) is 17.5. The molecule has 1 saturated heterocycles. The van der Waals surface area contributed by atoms with Crippen molar-refractivity contribution in [1.29, 1.82) is 0 Å². The van der Waals surface area contributed by atoms with Crippen molar-refractivity contribution in [3.63, 3.8) is 0 Å². The molecule has 0 atom stereocenters. The quantitative estimate of drug-likeness (QED) is 0.730. The van der Waals surface area contributed by atoms with Gasteiger partial charge < -0.3 is 5.32 Å². The van der Waals surface area contributed by atoms with E-state index in [1.54, 1.807) is 0 Å². The Bertz CT molecular complexity index is 952. The van der Waals surface area contributed by atoms with E-state index in [2.05, 4.69) is 76.4 Å². The number of anilines is 1. The fourth-order valence-corrected chi connectivity index (χ4v) is 4.71. The lowest BCUT2D eigenvalue weighted by molar-refractivity contribution is 0.203. The van der Waals surface area contributed by atoms with Gasteiger partial charge in [-0.2, -0.15) is 5.10 Å². The van der Waals surface area contributed by atoms with Crippen LogP contribution in [0.2, 0.25) is 0 Å². The molecule has 0 amide bonds. The second kappa shape index (κ2) is 7.44. The summed E-state index contributed by atoms with van der Waals surface area (Å²) in [6.07, 6.45) is 3.49. The molecule has 0 spiro atoms. The van der Waals surface area contributed by atoms with E-state index in [9.17, 15) is 0 Å². The Balaban J connectivity index is 1.35. The number of nitrogens with one attached hydrogen (secondary N) is 1. The molecule has 2 aromatic carbocycles. The fraction of sp³-hybridized carbons (Fsp3) is 0.375. The van der Waals surface area contributed by atoms with Crippen LogP contribution >= 0.6 is 0 Å². The molecule has 0 radical (unpaired) electrons. The summed E-state index contributed by atoms with van der Waals surface area (Å²) in [6.45, 7) is 6.56. The molecule has 2 aliphatic heterocycles. The van der Waals surface area contributed by atoms with Crippen LogP contribution in [0, 0.1) is 6.92 Å². The topological polar surface area (TPSA) is 33.1 Å². The third-order valence-electron chi connectivity index (χ3n) is 6.25. The number of piperidine rings is 1. The maximum absolute atomic E-state index is 5.13. The second-order valence-corrected chi connectivity index (χ2v) is 8.12. The van der Waals surface area contributed by atoms with Crippen LogP contribution in [0.5, 0.6) is 0 Å². The van der Waals surface area contributed by atoms with Gasteiger partial charge in [-0.15, -0.1) is 0 Å². The Kier molecular flexibility index (Phi) is 4.65. The number of para-hydroxylation sites is 1. The molecule has 0 unspecified atom stereocenters. The van der Waals surface area contributed by atoms with Crippen molar-refractivity contribution >= 4 is 5.82 Å². The molecular formula is C24H28N4. The Labute approximate surface area is 167 Å². The molecule has 2 aliphatic rings. The molecule has 1 fully saturated rings. The summed E-state index contributed by atoms with van der Waals surface area (Å²) in [7, 11) is 0. The number of fused-ring (bicyclic) bond motifs is 1. The Hall–Kier alpha value is -2.59. The van der Waals surface area contributed by atoms with Crippen molar-refractivity contribution in [3.8, 4) is 5.69 Å². The van der Waals surface area contributed by atoms with Crippen LogP contribution < -0.4 is 5.32 Å². The number of aryl methyl sites for hydroxylation is 1. The van der Waals surface area contributed by atoms with Crippen molar-refractivity contribution < 1.29 is 0 Å². The third-order valence-corrected chi connectivity index (χ3v) is 6.25. The van der Waals surface area contributed by atoms with Gasteiger partial charge in [0.25, 0.3) is 0 Å². The second-order valence-electron chi connectivity index (χ2n) is 8.12. The average molecular weight is 373 g/mol. The highest BCUT2D eigenvalue weighted by atomic mass is 15.3. The summed E-state index contributed by atoms with van der Waals surface area (Å²) in [6, 6.07) is 19.4. The van der Waals surface area contributed by atoms with E-state index in [4.69, 9.17) is 5.10 Å². The lowest BCUT2D eigenvalue weighted by atomic mass is 9.90. The van der Waals surface area contributed by atoms with E-state index >= 15 is 0 Å². The molecule has 0 aliphatic carbocycles. The number of aromatic nitrogens is 2. The highest BCUT2D eigenvalue weighted by molar-refractivity contribution is 5.59. The zero-order valence-corrected chi connectivity index (χ0v) is 16.6. The minimum atomic E-state index is 0.575. The van der Waals surface area contributed by atoms with E-state index in [1.807, 2.05) is 0 Å². The number of hydrogen-bond acceptors (Lipinski definition) is 3. The molecule has 28 heavy (non-hydrogen) atoms. The highest BCUT2D eigenvalue weighted by Gasteiger charge is 2.30. The number of benzene rings is 2. The van der Waals surface area contributed by atoms with Crippen LogP contribution in [0.4, 0.5) is 5.82 Å². The van der Waals surface area contributed by atoms with E-state index in [1.165, 1.54) is 46.7 Å². The van der Waals surface area contributed by atoms with Crippen molar-refractivity contribution in [2.75, 3.05) is 25.0 Å². The molecule has 3 heterocycles. The van der Waals surface area contributed by atoms with Gasteiger partial charge in [-0.25, -0.2) is 4.68 Å². The first-order valence-corrected chi connectivity index (χ1v) is 10.5. The van der Waals surface area contributed by atoms with Gasteiger partial charge in [0.1, 0.15) is 5.82 Å². The molecule has 0 saturated carbocycles. The van der Waals surface area contributed by atoms with Crippen LogP contribution in [0.25, 0.3) is 5.69 Å². The van der Waals surface area contributed by atoms with Crippen molar-refractivity contribution in [3.05, 3.63) is 77.0 Å². The molecule has 4 nitrogen and oxygen atoms in total. The summed E-state index contributed by atoms with van der Waals surface area (Å²) < 4.78 is 2.16. The minimum Gasteiger partial charge on any atom is -0.369 e.